The maximum atomic E-state index is 12.3. The molecule has 2 N–H and O–H groups in total. The highest BCUT2D eigenvalue weighted by atomic mass is 79.9. The van der Waals surface area contributed by atoms with Gasteiger partial charge in [-0.25, -0.2) is 4.79 Å². The summed E-state index contributed by atoms with van der Waals surface area (Å²) in [5.41, 5.74) is 2.26. The first-order valence-corrected chi connectivity index (χ1v) is 11.3. The minimum Gasteiger partial charge on any atom is -0.445 e. The molecule has 6 nitrogen and oxygen atoms in total. The highest BCUT2D eigenvalue weighted by Crippen LogP contribution is 2.38. The number of rotatable bonds is 7. The molecule has 1 aliphatic rings. The van der Waals surface area contributed by atoms with Crippen molar-refractivity contribution in [2.24, 2.45) is 0 Å². The first kappa shape index (κ1) is 24.5. The lowest BCUT2D eigenvalue weighted by atomic mass is 9.77. The molecule has 1 fully saturated rings. The Morgan fingerprint density at radius 1 is 1.12 bits per heavy atom. The van der Waals surface area contributed by atoms with Gasteiger partial charge in [-0.1, -0.05) is 58.4 Å². The third-order valence-electron chi connectivity index (χ3n) is 5.80. The zero-order valence-electron chi connectivity index (χ0n) is 18.9. The van der Waals surface area contributed by atoms with Gasteiger partial charge in [0.15, 0.2) is 0 Å². The number of hydrogen-bond donors (Lipinski definition) is 2. The Balaban J connectivity index is 1.76. The van der Waals surface area contributed by atoms with Gasteiger partial charge in [-0.2, -0.15) is 0 Å². The van der Waals surface area contributed by atoms with Gasteiger partial charge in [0.1, 0.15) is 6.61 Å². The number of amides is 1. The fourth-order valence-corrected chi connectivity index (χ4v) is 3.54. The maximum Gasteiger partial charge on any atom is 0.492 e. The molecule has 0 bridgehead atoms. The van der Waals surface area contributed by atoms with Crippen LogP contribution in [-0.4, -0.2) is 36.1 Å². The van der Waals surface area contributed by atoms with E-state index in [1.807, 2.05) is 82.3 Å². The maximum absolute atomic E-state index is 12.3. The Labute approximate surface area is 198 Å². The number of benzene rings is 2. The Kier molecular flexibility index (Phi) is 7.82. The normalized spacial score (nSPS) is 17.3. The summed E-state index contributed by atoms with van der Waals surface area (Å²) in [4.78, 5) is 12.3. The number of carbonyl (C=O) groups is 1. The Hall–Kier alpha value is -2.13. The van der Waals surface area contributed by atoms with Crippen LogP contribution in [-0.2, 0) is 27.3 Å². The molecule has 0 atom stereocenters. The Bertz CT molecular complexity index is 962. The number of ether oxygens (including phenoxy) is 1. The summed E-state index contributed by atoms with van der Waals surface area (Å²) in [6.07, 6.45) is 1.38. The van der Waals surface area contributed by atoms with Crippen molar-refractivity contribution in [3.8, 4) is 0 Å². The molecule has 0 aromatic heterocycles. The van der Waals surface area contributed by atoms with Gasteiger partial charge < -0.3 is 24.5 Å². The summed E-state index contributed by atoms with van der Waals surface area (Å²) in [7, 11) is -0.629. The molecule has 1 saturated heterocycles. The van der Waals surface area contributed by atoms with Crippen LogP contribution in [0.3, 0.4) is 0 Å². The second-order valence-electron chi connectivity index (χ2n) is 8.73. The van der Waals surface area contributed by atoms with Crippen molar-refractivity contribution in [2.75, 3.05) is 6.54 Å². The average Bonchev–Trinajstić information content (AvgIpc) is 2.98. The fourth-order valence-electron chi connectivity index (χ4n) is 3.16. The lowest BCUT2D eigenvalue weighted by Gasteiger charge is -2.32. The van der Waals surface area contributed by atoms with Crippen LogP contribution in [0.2, 0.25) is 0 Å². The molecule has 32 heavy (non-hydrogen) atoms. The predicted molar refractivity (Wildman–Crippen MR) is 129 cm³/mol. The van der Waals surface area contributed by atoms with E-state index in [1.165, 1.54) is 0 Å². The van der Waals surface area contributed by atoms with E-state index in [-0.39, 0.29) is 19.8 Å². The molecule has 1 aliphatic heterocycles. The highest BCUT2D eigenvalue weighted by molar-refractivity contribution is 9.10. The monoisotopic (exact) mass is 501 g/mol. The van der Waals surface area contributed by atoms with E-state index < -0.39 is 24.4 Å². The molecule has 0 aliphatic carbocycles. The summed E-state index contributed by atoms with van der Waals surface area (Å²) in [5, 5.41) is 12.4. The van der Waals surface area contributed by atoms with Crippen molar-refractivity contribution in [1.29, 1.82) is 0 Å². The summed E-state index contributed by atoms with van der Waals surface area (Å²) < 4.78 is 18.6. The molecule has 0 unspecified atom stereocenters. The number of carbonyl (C=O) groups excluding carboxylic acids is 1. The summed E-state index contributed by atoms with van der Waals surface area (Å²) >= 11 is 3.44. The molecule has 3 rings (SSSR count). The van der Waals surface area contributed by atoms with Crippen molar-refractivity contribution in [3.63, 3.8) is 0 Å². The zero-order valence-corrected chi connectivity index (χ0v) is 20.4. The smallest absolute Gasteiger partial charge is 0.445 e. The number of aliphatic hydroxyl groups is 1. The van der Waals surface area contributed by atoms with Gasteiger partial charge in [0.25, 0.3) is 0 Å². The molecule has 2 aromatic carbocycles. The van der Waals surface area contributed by atoms with Crippen LogP contribution in [0.1, 0.15) is 44.4 Å². The van der Waals surface area contributed by atoms with E-state index in [0.717, 1.165) is 26.6 Å². The molecule has 0 radical (unpaired) electrons. The number of nitrogens with one attached hydrogen (secondary N) is 1. The second-order valence-corrected chi connectivity index (χ2v) is 9.59. The van der Waals surface area contributed by atoms with Gasteiger partial charge in [0.05, 0.1) is 17.8 Å². The summed E-state index contributed by atoms with van der Waals surface area (Å²) in [6.45, 7) is 8.22. The minimum absolute atomic E-state index is 0.0852. The van der Waals surface area contributed by atoms with Crippen LogP contribution < -0.4 is 5.32 Å². The van der Waals surface area contributed by atoms with E-state index in [1.54, 1.807) is 0 Å². The quantitative estimate of drug-likeness (QED) is 0.528. The molecule has 0 saturated carbocycles. The second kappa shape index (κ2) is 10.2. The van der Waals surface area contributed by atoms with Gasteiger partial charge in [-0.3, -0.25) is 0 Å². The van der Waals surface area contributed by atoms with Crippen LogP contribution in [0, 0.1) is 0 Å². The van der Waals surface area contributed by atoms with E-state index in [9.17, 15) is 9.90 Å². The molecule has 0 spiro atoms. The first-order valence-electron chi connectivity index (χ1n) is 10.5. The SMILES string of the molecule is CC1(C)OB(C(=Cc2ccc(Br)c(CO)c2)CNC(=O)OCc2ccccc2)OC1(C)C. The molecule has 1 amide bonds. The van der Waals surface area contributed by atoms with Crippen molar-refractivity contribution in [1.82, 2.24) is 5.32 Å². The fraction of sp³-hybridized carbons (Fsp3) is 0.375. The molecular formula is C24H29BBrNO5. The van der Waals surface area contributed by atoms with Crippen LogP contribution in [0.4, 0.5) is 4.79 Å². The standard InChI is InChI=1S/C24H29BBrNO5/c1-23(2)24(3,4)32-25(31-23)20(13-18-10-11-21(26)19(12-18)15-28)14-27-22(29)30-16-17-8-6-5-7-9-17/h5-13,28H,14-16H2,1-4H3,(H,27,29). The number of halogens is 1. The lowest BCUT2D eigenvalue weighted by Crippen LogP contribution is -2.41. The molecule has 2 aromatic rings. The predicted octanol–water partition coefficient (Wildman–Crippen LogP) is 4.88. The van der Waals surface area contributed by atoms with Gasteiger partial charge in [-0.05, 0) is 62.0 Å². The van der Waals surface area contributed by atoms with Crippen molar-refractivity contribution < 1.29 is 23.9 Å². The van der Waals surface area contributed by atoms with Crippen LogP contribution in [0.15, 0.2) is 58.5 Å². The summed E-state index contributed by atoms with van der Waals surface area (Å²) in [5.74, 6) is 0. The van der Waals surface area contributed by atoms with E-state index in [0.29, 0.717) is 0 Å². The molecular weight excluding hydrogens is 473 g/mol. The van der Waals surface area contributed by atoms with Crippen LogP contribution in [0.5, 0.6) is 0 Å². The lowest BCUT2D eigenvalue weighted by molar-refractivity contribution is 0.00578. The van der Waals surface area contributed by atoms with E-state index >= 15 is 0 Å². The van der Waals surface area contributed by atoms with Gasteiger partial charge in [0.2, 0.25) is 0 Å². The first-order chi connectivity index (χ1) is 15.1. The summed E-state index contributed by atoms with van der Waals surface area (Å²) in [6, 6.07) is 15.2. The molecule has 1 heterocycles. The van der Waals surface area contributed by atoms with Gasteiger partial charge in [0, 0.05) is 11.0 Å². The largest absolute Gasteiger partial charge is 0.492 e. The van der Waals surface area contributed by atoms with Crippen molar-refractivity contribution >= 4 is 35.2 Å². The van der Waals surface area contributed by atoms with E-state index in [2.05, 4.69) is 21.2 Å². The van der Waals surface area contributed by atoms with E-state index in [4.69, 9.17) is 14.0 Å². The highest BCUT2D eigenvalue weighted by Gasteiger charge is 2.52. The molecule has 170 valence electrons. The number of hydrogen-bond acceptors (Lipinski definition) is 5. The van der Waals surface area contributed by atoms with Crippen LogP contribution >= 0.6 is 15.9 Å². The zero-order chi connectivity index (χ0) is 23.4. The van der Waals surface area contributed by atoms with Crippen LogP contribution in [0.25, 0.3) is 6.08 Å². The molecule has 8 heteroatoms. The minimum atomic E-state index is -0.629. The third-order valence-corrected chi connectivity index (χ3v) is 6.57. The van der Waals surface area contributed by atoms with Crippen molar-refractivity contribution in [3.05, 3.63) is 75.2 Å². The van der Waals surface area contributed by atoms with Gasteiger partial charge >= 0.3 is 13.2 Å². The Morgan fingerprint density at radius 2 is 1.78 bits per heavy atom. The average molecular weight is 502 g/mol. The Morgan fingerprint density at radius 3 is 2.41 bits per heavy atom. The van der Waals surface area contributed by atoms with Crippen molar-refractivity contribution in [2.45, 2.75) is 52.1 Å². The number of alkyl carbamates (subject to hydrolysis) is 1. The third kappa shape index (κ3) is 6.01. The number of aliphatic hydroxyl groups excluding tert-OH is 1. The van der Waals surface area contributed by atoms with Gasteiger partial charge in [-0.15, -0.1) is 0 Å². The topological polar surface area (TPSA) is 77.0 Å².